The van der Waals surface area contributed by atoms with E-state index in [1.54, 1.807) is 16.8 Å². The second-order valence-corrected chi connectivity index (χ2v) is 8.19. The van der Waals surface area contributed by atoms with Crippen LogP contribution in [0.15, 0.2) is 65.3 Å². The number of carbonyl (C=O) groups is 2. The molecule has 8 heteroatoms. The highest BCUT2D eigenvalue weighted by Crippen LogP contribution is 2.24. The summed E-state index contributed by atoms with van der Waals surface area (Å²) in [6, 6.07) is 16.6. The summed E-state index contributed by atoms with van der Waals surface area (Å²) in [7, 11) is 2.12. The van der Waals surface area contributed by atoms with Gasteiger partial charge in [-0.3, -0.25) is 9.59 Å². The molecule has 1 aliphatic rings. The molecule has 1 aliphatic heterocycles. The Labute approximate surface area is 183 Å². The summed E-state index contributed by atoms with van der Waals surface area (Å²) < 4.78 is 2.28. The number of nitrogens with zero attached hydrogens (tertiary/aromatic N) is 3. The van der Waals surface area contributed by atoms with Crippen LogP contribution in [0.25, 0.3) is 5.69 Å². The third-order valence-corrected chi connectivity index (χ3v) is 5.95. The molecule has 1 aromatic heterocycles. The molecule has 0 radical (unpaired) electrons. The zero-order valence-electron chi connectivity index (χ0n) is 16.6. The maximum absolute atomic E-state index is 13.3. The van der Waals surface area contributed by atoms with Crippen molar-refractivity contribution in [1.82, 2.24) is 14.7 Å². The van der Waals surface area contributed by atoms with Crippen LogP contribution in [0.4, 0.5) is 5.82 Å². The van der Waals surface area contributed by atoms with Gasteiger partial charge in [-0.15, -0.1) is 0 Å². The molecular weight excluding hydrogens is 446 g/mol. The number of halogens is 1. The van der Waals surface area contributed by atoms with Crippen LogP contribution >= 0.6 is 15.9 Å². The van der Waals surface area contributed by atoms with Crippen molar-refractivity contribution < 1.29 is 14.5 Å². The van der Waals surface area contributed by atoms with Gasteiger partial charge in [0, 0.05) is 4.47 Å². The Hall–Kier alpha value is -2.97. The largest absolute Gasteiger partial charge is 0.334 e. The molecular formula is C22H23BrN5O2+. The number of hydrogen-bond acceptors (Lipinski definition) is 3. The number of nitrogens with one attached hydrogen (secondary N) is 2. The lowest BCUT2D eigenvalue weighted by atomic mass is 10.2. The monoisotopic (exact) mass is 468 g/mol. The first-order valence-electron chi connectivity index (χ1n) is 9.84. The summed E-state index contributed by atoms with van der Waals surface area (Å²) in [5.74, 6) is -0.0534. The van der Waals surface area contributed by atoms with Crippen molar-refractivity contribution in [2.75, 3.05) is 38.5 Å². The highest BCUT2D eigenvalue weighted by atomic mass is 79.9. The summed E-state index contributed by atoms with van der Waals surface area (Å²) >= 11 is 3.42. The molecule has 7 nitrogen and oxygen atoms in total. The van der Waals surface area contributed by atoms with Crippen molar-refractivity contribution in [3.05, 3.63) is 76.4 Å². The zero-order valence-corrected chi connectivity index (χ0v) is 18.2. The summed E-state index contributed by atoms with van der Waals surface area (Å²) in [5.41, 5.74) is 1.64. The minimum Gasteiger partial charge on any atom is -0.334 e. The number of carbonyl (C=O) groups excluding carboxylic acids is 2. The van der Waals surface area contributed by atoms with E-state index in [0.29, 0.717) is 34.5 Å². The Bertz CT molecular complexity index is 1060. The molecule has 4 rings (SSSR count). The molecule has 1 fully saturated rings. The first-order valence-corrected chi connectivity index (χ1v) is 10.6. The maximum atomic E-state index is 13.3. The average molecular weight is 469 g/mol. The first kappa shape index (κ1) is 20.3. The minimum atomic E-state index is -0.308. The fourth-order valence-electron chi connectivity index (χ4n) is 3.47. The molecule has 0 aliphatic carbocycles. The number of quaternary nitrogens is 1. The van der Waals surface area contributed by atoms with Gasteiger partial charge in [-0.2, -0.15) is 5.10 Å². The molecule has 154 valence electrons. The van der Waals surface area contributed by atoms with Gasteiger partial charge < -0.3 is 15.1 Å². The number of aromatic nitrogens is 2. The number of benzene rings is 2. The van der Waals surface area contributed by atoms with Gasteiger partial charge in [0.15, 0.2) is 0 Å². The van der Waals surface area contributed by atoms with Crippen LogP contribution in [-0.4, -0.2) is 59.7 Å². The van der Waals surface area contributed by atoms with Gasteiger partial charge in [-0.25, -0.2) is 4.68 Å². The molecule has 2 aromatic carbocycles. The highest BCUT2D eigenvalue weighted by molar-refractivity contribution is 9.10. The fraction of sp³-hybridized carbons (Fsp3) is 0.227. The quantitative estimate of drug-likeness (QED) is 0.613. The predicted octanol–water partition coefficient (Wildman–Crippen LogP) is 1.86. The minimum absolute atomic E-state index is 0.118. The summed E-state index contributed by atoms with van der Waals surface area (Å²) in [4.78, 5) is 29.5. The van der Waals surface area contributed by atoms with Crippen molar-refractivity contribution in [1.29, 1.82) is 0 Å². The third kappa shape index (κ3) is 4.15. The normalized spacial score (nSPS) is 14.5. The van der Waals surface area contributed by atoms with Gasteiger partial charge in [-0.05, 0) is 40.2 Å². The number of para-hydroxylation sites is 1. The molecule has 0 atom stereocenters. The average Bonchev–Trinajstić information content (AvgIpc) is 3.18. The topological polar surface area (TPSA) is 71.7 Å². The second-order valence-electron chi connectivity index (χ2n) is 7.34. The number of hydrogen-bond donors (Lipinski definition) is 2. The van der Waals surface area contributed by atoms with Gasteiger partial charge in [0.1, 0.15) is 11.4 Å². The molecule has 1 saturated heterocycles. The smallest absolute Gasteiger partial charge is 0.259 e. The van der Waals surface area contributed by atoms with Crippen LogP contribution in [0, 0.1) is 0 Å². The number of amides is 2. The molecule has 30 heavy (non-hydrogen) atoms. The maximum Gasteiger partial charge on any atom is 0.259 e. The number of anilines is 1. The highest BCUT2D eigenvalue weighted by Gasteiger charge is 2.28. The lowest BCUT2D eigenvalue weighted by molar-refractivity contribution is -0.883. The molecule has 2 N–H and O–H groups in total. The molecule has 0 saturated carbocycles. The molecule has 0 unspecified atom stereocenters. The standard InChI is InChI=1S/C22H22BrN5O2/c1-26-11-13-27(14-12-26)22(30)18-15-24-28(16-7-3-2-4-8-16)20(18)25-21(29)17-9-5-6-10-19(17)23/h2-10,15H,11-14H2,1H3,(H,25,29)/p+1. The first-order chi connectivity index (χ1) is 14.5. The Morgan fingerprint density at radius 3 is 2.37 bits per heavy atom. The van der Waals surface area contributed by atoms with Gasteiger partial charge in [-0.1, -0.05) is 30.3 Å². The van der Waals surface area contributed by atoms with E-state index >= 15 is 0 Å². The van der Waals surface area contributed by atoms with E-state index in [-0.39, 0.29) is 11.8 Å². The van der Waals surface area contributed by atoms with Gasteiger partial charge in [0.2, 0.25) is 0 Å². The molecule has 0 spiro atoms. The SMILES string of the molecule is C[NH+]1CCN(C(=O)c2cnn(-c3ccccc3)c2NC(=O)c2ccccc2Br)CC1. The number of likely N-dealkylation sites (N-methyl/N-ethyl adjacent to an activating group) is 1. The molecule has 2 amide bonds. The Morgan fingerprint density at radius 1 is 1.00 bits per heavy atom. The number of piperazine rings is 1. The van der Waals surface area contributed by atoms with Crippen LogP contribution < -0.4 is 10.2 Å². The van der Waals surface area contributed by atoms with E-state index in [9.17, 15) is 9.59 Å². The van der Waals surface area contributed by atoms with Crippen molar-refractivity contribution in [2.45, 2.75) is 0 Å². The van der Waals surface area contributed by atoms with E-state index in [2.05, 4.69) is 33.4 Å². The Balaban J connectivity index is 1.70. The lowest BCUT2D eigenvalue weighted by Gasteiger charge is -2.30. The van der Waals surface area contributed by atoms with Crippen molar-refractivity contribution in [3.63, 3.8) is 0 Å². The van der Waals surface area contributed by atoms with Gasteiger partial charge >= 0.3 is 0 Å². The van der Waals surface area contributed by atoms with E-state index in [0.717, 1.165) is 18.8 Å². The van der Waals surface area contributed by atoms with Crippen molar-refractivity contribution in [3.8, 4) is 5.69 Å². The molecule has 3 aromatic rings. The zero-order chi connectivity index (χ0) is 21.1. The van der Waals surface area contributed by atoms with E-state index in [1.165, 1.54) is 11.1 Å². The summed E-state index contributed by atoms with van der Waals surface area (Å²) in [5, 5.41) is 7.35. The number of rotatable bonds is 4. The Kier molecular flexibility index (Phi) is 5.96. The summed E-state index contributed by atoms with van der Waals surface area (Å²) in [6.07, 6.45) is 1.54. The fourth-order valence-corrected chi connectivity index (χ4v) is 3.94. The lowest BCUT2D eigenvalue weighted by Crippen LogP contribution is -3.12. The van der Waals surface area contributed by atoms with Crippen LogP contribution in [0.2, 0.25) is 0 Å². The van der Waals surface area contributed by atoms with E-state index in [1.807, 2.05) is 47.4 Å². The molecule has 2 heterocycles. The van der Waals surface area contributed by atoms with Crippen LogP contribution in [0.1, 0.15) is 20.7 Å². The van der Waals surface area contributed by atoms with Gasteiger partial charge in [0.25, 0.3) is 11.8 Å². The predicted molar refractivity (Wildman–Crippen MR) is 118 cm³/mol. The van der Waals surface area contributed by atoms with Crippen LogP contribution in [-0.2, 0) is 0 Å². The van der Waals surface area contributed by atoms with Crippen LogP contribution in [0.3, 0.4) is 0 Å². The molecule has 0 bridgehead atoms. The summed E-state index contributed by atoms with van der Waals surface area (Å²) in [6.45, 7) is 3.16. The van der Waals surface area contributed by atoms with Crippen molar-refractivity contribution in [2.24, 2.45) is 0 Å². The van der Waals surface area contributed by atoms with E-state index < -0.39 is 0 Å². The van der Waals surface area contributed by atoms with Crippen molar-refractivity contribution >= 4 is 33.6 Å². The second kappa shape index (κ2) is 8.81. The Morgan fingerprint density at radius 2 is 1.67 bits per heavy atom. The van der Waals surface area contributed by atoms with Gasteiger partial charge in [0.05, 0.1) is 50.7 Å². The third-order valence-electron chi connectivity index (χ3n) is 5.26. The van der Waals surface area contributed by atoms with E-state index in [4.69, 9.17) is 0 Å². The van der Waals surface area contributed by atoms with Crippen LogP contribution in [0.5, 0.6) is 0 Å².